The van der Waals surface area contributed by atoms with Crippen molar-refractivity contribution in [3.05, 3.63) is 41.1 Å². The highest BCUT2D eigenvalue weighted by Gasteiger charge is 2.33. The Kier molecular flexibility index (Phi) is 4.85. The van der Waals surface area contributed by atoms with Crippen LogP contribution in [0.15, 0.2) is 35.5 Å². The number of primary amides is 1. The van der Waals surface area contributed by atoms with Gasteiger partial charge in [-0.2, -0.15) is 0 Å². The predicted molar refractivity (Wildman–Crippen MR) is 80.3 cm³/mol. The number of carbonyl (C=O) groups excluding carboxylic acids is 3. The number of amides is 3. The van der Waals surface area contributed by atoms with Gasteiger partial charge in [-0.3, -0.25) is 4.79 Å². The first-order chi connectivity index (χ1) is 10.9. The fourth-order valence-electron chi connectivity index (χ4n) is 2.31. The number of allylic oxidation sites excluding steroid dienone is 1. The van der Waals surface area contributed by atoms with Gasteiger partial charge in [0.05, 0.1) is 18.7 Å². The third-order valence-electron chi connectivity index (χ3n) is 3.27. The number of hydrogen-bond donors (Lipinski definition) is 3. The topological polar surface area (TPSA) is 120 Å². The van der Waals surface area contributed by atoms with Crippen molar-refractivity contribution >= 4 is 17.9 Å². The number of methoxy groups -OCH3 is 1. The summed E-state index contributed by atoms with van der Waals surface area (Å²) in [7, 11) is 1.26. The van der Waals surface area contributed by atoms with E-state index in [4.69, 9.17) is 15.2 Å². The molecule has 0 saturated heterocycles. The van der Waals surface area contributed by atoms with Gasteiger partial charge in [-0.1, -0.05) is 18.2 Å². The molecule has 0 spiro atoms. The van der Waals surface area contributed by atoms with E-state index in [1.165, 1.54) is 7.11 Å². The van der Waals surface area contributed by atoms with Crippen LogP contribution in [0, 0.1) is 0 Å². The summed E-state index contributed by atoms with van der Waals surface area (Å²) in [5.74, 6) is -0.869. The number of benzene rings is 1. The van der Waals surface area contributed by atoms with E-state index in [2.05, 4.69) is 10.6 Å². The maximum atomic E-state index is 12.1. The molecule has 3 amide bonds. The summed E-state index contributed by atoms with van der Waals surface area (Å²) in [6.07, 6.45) is 0. The van der Waals surface area contributed by atoms with Gasteiger partial charge in [0.1, 0.15) is 5.75 Å². The molecule has 0 aromatic heterocycles. The summed E-state index contributed by atoms with van der Waals surface area (Å²) in [6, 6.07) is 5.52. The van der Waals surface area contributed by atoms with Crippen LogP contribution >= 0.6 is 0 Å². The summed E-state index contributed by atoms with van der Waals surface area (Å²) >= 11 is 0. The van der Waals surface area contributed by atoms with Crippen molar-refractivity contribution in [1.82, 2.24) is 10.6 Å². The monoisotopic (exact) mass is 319 g/mol. The van der Waals surface area contributed by atoms with Crippen LogP contribution in [0.1, 0.15) is 18.5 Å². The molecule has 0 aliphatic carbocycles. The molecule has 1 heterocycles. The third kappa shape index (κ3) is 3.60. The molecule has 0 unspecified atom stereocenters. The second kappa shape index (κ2) is 6.82. The van der Waals surface area contributed by atoms with E-state index < -0.39 is 23.9 Å². The highest BCUT2D eigenvalue weighted by molar-refractivity contribution is 5.95. The van der Waals surface area contributed by atoms with Crippen molar-refractivity contribution in [2.45, 2.75) is 13.0 Å². The zero-order valence-electron chi connectivity index (χ0n) is 12.7. The van der Waals surface area contributed by atoms with Crippen molar-refractivity contribution in [3.8, 4) is 5.75 Å². The number of ether oxygens (including phenoxy) is 2. The molecule has 8 heteroatoms. The summed E-state index contributed by atoms with van der Waals surface area (Å²) in [5.41, 5.74) is 6.24. The Morgan fingerprint density at radius 3 is 2.65 bits per heavy atom. The number of nitrogens with one attached hydrogen (secondary N) is 2. The number of hydrogen-bond acceptors (Lipinski definition) is 5. The molecule has 23 heavy (non-hydrogen) atoms. The van der Waals surface area contributed by atoms with Crippen LogP contribution in [0.2, 0.25) is 0 Å². The molecule has 0 bridgehead atoms. The number of para-hydroxylation sites is 1. The Balaban J connectivity index is 2.46. The van der Waals surface area contributed by atoms with Gasteiger partial charge in [0.2, 0.25) is 0 Å². The number of urea groups is 1. The van der Waals surface area contributed by atoms with Crippen molar-refractivity contribution in [1.29, 1.82) is 0 Å². The van der Waals surface area contributed by atoms with Crippen LogP contribution < -0.4 is 21.1 Å². The molecule has 1 aromatic carbocycles. The highest BCUT2D eigenvalue weighted by Crippen LogP contribution is 2.33. The van der Waals surface area contributed by atoms with Crippen LogP contribution in [0.4, 0.5) is 4.79 Å². The summed E-state index contributed by atoms with van der Waals surface area (Å²) in [6.45, 7) is 1.29. The van der Waals surface area contributed by atoms with Crippen LogP contribution in [0.3, 0.4) is 0 Å². The van der Waals surface area contributed by atoms with Gasteiger partial charge in [-0.15, -0.1) is 0 Å². The predicted octanol–water partition coefficient (Wildman–Crippen LogP) is 0.352. The van der Waals surface area contributed by atoms with E-state index in [0.717, 1.165) is 0 Å². The lowest BCUT2D eigenvalue weighted by Crippen LogP contribution is -2.45. The van der Waals surface area contributed by atoms with E-state index in [-0.39, 0.29) is 12.2 Å². The SMILES string of the molecule is COC(=O)C1=C(C)NC(=O)N[C@H]1c1ccccc1OCC(N)=O. The average Bonchev–Trinajstić information content (AvgIpc) is 2.51. The Hall–Kier alpha value is -3.03. The van der Waals surface area contributed by atoms with E-state index in [0.29, 0.717) is 17.0 Å². The first kappa shape index (κ1) is 16.3. The third-order valence-corrected chi connectivity index (χ3v) is 3.27. The Bertz CT molecular complexity index is 683. The van der Waals surface area contributed by atoms with Crippen molar-refractivity contribution in [3.63, 3.8) is 0 Å². The molecule has 8 nitrogen and oxygen atoms in total. The van der Waals surface area contributed by atoms with Crippen molar-refractivity contribution in [2.75, 3.05) is 13.7 Å². The van der Waals surface area contributed by atoms with E-state index >= 15 is 0 Å². The van der Waals surface area contributed by atoms with E-state index in [1.807, 2.05) is 0 Å². The minimum absolute atomic E-state index is 0.252. The van der Waals surface area contributed by atoms with E-state index in [9.17, 15) is 14.4 Å². The van der Waals surface area contributed by atoms with E-state index in [1.54, 1.807) is 31.2 Å². The van der Waals surface area contributed by atoms with Crippen molar-refractivity contribution in [2.24, 2.45) is 5.73 Å². The molecule has 122 valence electrons. The lowest BCUT2D eigenvalue weighted by atomic mass is 9.95. The van der Waals surface area contributed by atoms with Crippen LogP contribution in [0.5, 0.6) is 5.75 Å². The van der Waals surface area contributed by atoms with Gasteiger partial charge >= 0.3 is 12.0 Å². The maximum absolute atomic E-state index is 12.1. The van der Waals surface area contributed by atoms with Gasteiger partial charge in [0.15, 0.2) is 6.61 Å². The standard InChI is InChI=1S/C15H17N3O5/c1-8-12(14(20)22-2)13(18-15(21)17-8)9-5-3-4-6-10(9)23-7-11(16)19/h3-6,13H,7H2,1-2H3,(H2,16,19)(H2,17,18,21)/t13-/m0/s1. The molecule has 4 N–H and O–H groups in total. The van der Waals surface area contributed by atoms with Crippen LogP contribution in [0.25, 0.3) is 0 Å². The normalized spacial score (nSPS) is 17.1. The number of nitrogens with two attached hydrogens (primary N) is 1. The van der Waals surface area contributed by atoms with Gasteiger partial charge in [0.25, 0.3) is 5.91 Å². The largest absolute Gasteiger partial charge is 0.483 e. The van der Waals surface area contributed by atoms with Gasteiger partial charge < -0.3 is 25.8 Å². The highest BCUT2D eigenvalue weighted by atomic mass is 16.5. The molecule has 0 fully saturated rings. The molecule has 0 radical (unpaired) electrons. The maximum Gasteiger partial charge on any atom is 0.337 e. The molecule has 0 saturated carbocycles. The smallest absolute Gasteiger partial charge is 0.337 e. The van der Waals surface area contributed by atoms with Crippen molar-refractivity contribution < 1.29 is 23.9 Å². The van der Waals surface area contributed by atoms with Crippen LogP contribution in [-0.2, 0) is 14.3 Å². The molecular formula is C15H17N3O5. The molecule has 1 aromatic rings. The summed E-state index contributed by atoms with van der Waals surface area (Å²) in [5, 5.41) is 5.18. The second-order valence-electron chi connectivity index (χ2n) is 4.85. The average molecular weight is 319 g/mol. The van der Waals surface area contributed by atoms with Gasteiger partial charge in [-0.25, -0.2) is 9.59 Å². The Morgan fingerprint density at radius 1 is 1.30 bits per heavy atom. The first-order valence-corrected chi connectivity index (χ1v) is 6.80. The molecular weight excluding hydrogens is 302 g/mol. The molecule has 1 aliphatic rings. The first-order valence-electron chi connectivity index (χ1n) is 6.80. The Morgan fingerprint density at radius 2 is 2.00 bits per heavy atom. The zero-order valence-corrected chi connectivity index (χ0v) is 12.7. The number of carbonyl (C=O) groups is 3. The zero-order chi connectivity index (χ0) is 17.0. The minimum atomic E-state index is -0.764. The molecule has 1 aliphatic heterocycles. The van der Waals surface area contributed by atoms with Gasteiger partial charge in [-0.05, 0) is 13.0 Å². The lowest BCUT2D eigenvalue weighted by Gasteiger charge is -2.28. The molecule has 2 rings (SSSR count). The lowest BCUT2D eigenvalue weighted by molar-refractivity contribution is -0.136. The Labute approximate surface area is 132 Å². The molecule has 1 atom stereocenters. The van der Waals surface area contributed by atoms with Gasteiger partial charge in [0, 0.05) is 11.3 Å². The summed E-state index contributed by atoms with van der Waals surface area (Å²) < 4.78 is 10.1. The fourth-order valence-corrected chi connectivity index (χ4v) is 2.31. The van der Waals surface area contributed by atoms with Crippen LogP contribution in [-0.4, -0.2) is 31.6 Å². The summed E-state index contributed by atoms with van der Waals surface area (Å²) in [4.78, 5) is 34.7. The number of esters is 1. The minimum Gasteiger partial charge on any atom is -0.483 e. The number of rotatable bonds is 5. The second-order valence-corrected chi connectivity index (χ2v) is 4.85. The fraction of sp³-hybridized carbons (Fsp3) is 0.267. The quantitative estimate of drug-likeness (QED) is 0.677.